The van der Waals surface area contributed by atoms with Crippen LogP contribution in [-0.4, -0.2) is 0 Å². The highest BCUT2D eigenvalue weighted by molar-refractivity contribution is 6.27. The first-order valence-corrected chi connectivity index (χ1v) is 18.2. The van der Waals surface area contributed by atoms with Gasteiger partial charge in [0.25, 0.3) is 0 Å². The highest BCUT2D eigenvalue weighted by atomic mass is 16.3. The number of hydrogen-bond donors (Lipinski definition) is 0. The summed E-state index contributed by atoms with van der Waals surface area (Å²) in [5.41, 5.74) is 13.9. The molecule has 1 nitrogen and oxygen atoms in total. The third kappa shape index (κ3) is 4.79. The number of fused-ring (bicyclic) bond motifs is 3. The Kier molecular flexibility index (Phi) is 6.62. The third-order valence-electron chi connectivity index (χ3n) is 11.0. The summed E-state index contributed by atoms with van der Waals surface area (Å²) in [6.45, 7) is 0. The van der Waals surface area contributed by atoms with Crippen LogP contribution in [0.2, 0.25) is 0 Å². The van der Waals surface area contributed by atoms with E-state index < -0.39 is 0 Å². The molecule has 0 aliphatic heterocycles. The van der Waals surface area contributed by atoms with Gasteiger partial charge in [-0.3, -0.25) is 0 Å². The van der Waals surface area contributed by atoms with E-state index in [1.807, 2.05) is 12.1 Å². The molecule has 0 aliphatic rings. The Morgan fingerprint density at radius 3 is 1.38 bits per heavy atom. The van der Waals surface area contributed by atoms with Crippen LogP contribution in [0.3, 0.4) is 0 Å². The Labute approximate surface area is 307 Å². The van der Waals surface area contributed by atoms with Gasteiger partial charge in [-0.1, -0.05) is 170 Å². The molecule has 0 N–H and O–H groups in total. The molecule has 0 saturated carbocycles. The van der Waals surface area contributed by atoms with E-state index in [2.05, 4.69) is 182 Å². The van der Waals surface area contributed by atoms with Gasteiger partial charge in [-0.15, -0.1) is 0 Å². The normalized spacial score (nSPS) is 11.8. The van der Waals surface area contributed by atoms with Gasteiger partial charge < -0.3 is 4.42 Å². The van der Waals surface area contributed by atoms with Crippen molar-refractivity contribution in [3.8, 4) is 55.6 Å². The van der Waals surface area contributed by atoms with Crippen molar-refractivity contribution in [1.82, 2.24) is 0 Å². The molecule has 0 atom stereocenters. The van der Waals surface area contributed by atoms with E-state index in [4.69, 9.17) is 4.42 Å². The number of benzene rings is 10. The van der Waals surface area contributed by atoms with Crippen LogP contribution in [0, 0.1) is 0 Å². The Hall–Kier alpha value is -6.96. The molecular formula is C52H32O. The molecule has 0 spiro atoms. The monoisotopic (exact) mass is 672 g/mol. The first-order valence-electron chi connectivity index (χ1n) is 18.2. The van der Waals surface area contributed by atoms with Gasteiger partial charge in [0.2, 0.25) is 0 Å². The lowest BCUT2D eigenvalue weighted by molar-refractivity contribution is 0.670. The molecule has 0 unspecified atom stereocenters. The van der Waals surface area contributed by atoms with Gasteiger partial charge in [0.15, 0.2) is 0 Å². The van der Waals surface area contributed by atoms with E-state index in [1.165, 1.54) is 76.8 Å². The topological polar surface area (TPSA) is 13.1 Å². The van der Waals surface area contributed by atoms with Crippen molar-refractivity contribution in [2.24, 2.45) is 0 Å². The van der Waals surface area contributed by atoms with Gasteiger partial charge in [-0.25, -0.2) is 0 Å². The fourth-order valence-electron chi connectivity index (χ4n) is 8.49. The molecule has 246 valence electrons. The lowest BCUT2D eigenvalue weighted by atomic mass is 9.86. The minimum Gasteiger partial charge on any atom is -0.455 e. The predicted molar refractivity (Wildman–Crippen MR) is 225 cm³/mol. The second-order valence-electron chi connectivity index (χ2n) is 14.0. The van der Waals surface area contributed by atoms with Gasteiger partial charge in [0.1, 0.15) is 11.2 Å². The number of hydrogen-bond acceptors (Lipinski definition) is 1. The molecule has 1 heteroatoms. The van der Waals surface area contributed by atoms with Crippen molar-refractivity contribution in [3.63, 3.8) is 0 Å². The first-order chi connectivity index (χ1) is 26.3. The van der Waals surface area contributed by atoms with Crippen molar-refractivity contribution in [2.75, 3.05) is 0 Å². The van der Waals surface area contributed by atoms with E-state index in [1.54, 1.807) is 0 Å². The summed E-state index contributed by atoms with van der Waals surface area (Å²) in [5.74, 6) is 0. The smallest absolute Gasteiger partial charge is 0.143 e. The summed E-state index contributed by atoms with van der Waals surface area (Å²) in [6, 6.07) is 70.6. The second-order valence-corrected chi connectivity index (χ2v) is 14.0. The molecular weight excluding hydrogens is 641 g/mol. The summed E-state index contributed by atoms with van der Waals surface area (Å²) in [7, 11) is 0. The summed E-state index contributed by atoms with van der Waals surface area (Å²) >= 11 is 0. The quantitative estimate of drug-likeness (QED) is 0.166. The average molecular weight is 673 g/mol. The van der Waals surface area contributed by atoms with Crippen molar-refractivity contribution < 1.29 is 4.42 Å². The molecule has 0 bridgehead atoms. The van der Waals surface area contributed by atoms with E-state index in [0.717, 1.165) is 33.1 Å². The summed E-state index contributed by atoms with van der Waals surface area (Å²) in [6.07, 6.45) is 0. The van der Waals surface area contributed by atoms with Crippen molar-refractivity contribution >= 4 is 54.3 Å². The zero-order valence-corrected chi connectivity index (χ0v) is 28.9. The Morgan fingerprint density at radius 2 is 0.755 bits per heavy atom. The van der Waals surface area contributed by atoms with Crippen LogP contribution in [0.15, 0.2) is 199 Å². The van der Waals surface area contributed by atoms with E-state index in [-0.39, 0.29) is 0 Å². The largest absolute Gasteiger partial charge is 0.455 e. The SMILES string of the molecule is c1ccc(-c2cc(-c3ccccc3)cc(-c3ccc4ccc5c(-c6ccc(-c7cccc8c7oc7ccccc78)cc6)ccc6ccc3c4c65)c2)cc1. The Balaban J connectivity index is 1.06. The van der Waals surface area contributed by atoms with Crippen LogP contribution in [0.5, 0.6) is 0 Å². The highest BCUT2D eigenvalue weighted by Gasteiger charge is 2.17. The third-order valence-corrected chi connectivity index (χ3v) is 11.0. The minimum atomic E-state index is 0.920. The standard InChI is InChI=1S/C52H32O/c1-3-10-33(11-4-1)39-30-40(34-12-5-2-6-13-34)32-41(31-39)43-27-23-38-24-28-46-42(26-22-37-25-29-47(43)51(38)50(37)46)35-18-20-36(21-19-35)44-15-9-16-48-45-14-7-8-17-49(45)53-52(44)48/h1-32H. The molecule has 1 heterocycles. The number of para-hydroxylation sites is 2. The van der Waals surface area contributed by atoms with Crippen molar-refractivity contribution in [3.05, 3.63) is 194 Å². The number of furan rings is 1. The van der Waals surface area contributed by atoms with E-state index >= 15 is 0 Å². The molecule has 1 aromatic heterocycles. The van der Waals surface area contributed by atoms with E-state index in [0.29, 0.717) is 0 Å². The van der Waals surface area contributed by atoms with Crippen LogP contribution >= 0.6 is 0 Å². The van der Waals surface area contributed by atoms with E-state index in [9.17, 15) is 0 Å². The molecule has 0 fully saturated rings. The van der Waals surface area contributed by atoms with Gasteiger partial charge >= 0.3 is 0 Å². The van der Waals surface area contributed by atoms with Crippen LogP contribution in [0.1, 0.15) is 0 Å². The Morgan fingerprint density at radius 1 is 0.264 bits per heavy atom. The number of rotatable bonds is 5. The lowest BCUT2D eigenvalue weighted by Crippen LogP contribution is -1.91. The molecule has 0 saturated heterocycles. The van der Waals surface area contributed by atoms with Gasteiger partial charge in [0, 0.05) is 16.3 Å². The molecule has 10 aromatic carbocycles. The Bertz CT molecular complexity index is 3070. The molecule has 53 heavy (non-hydrogen) atoms. The summed E-state index contributed by atoms with van der Waals surface area (Å²) in [4.78, 5) is 0. The molecule has 0 aliphatic carbocycles. The van der Waals surface area contributed by atoms with Gasteiger partial charge in [-0.2, -0.15) is 0 Å². The van der Waals surface area contributed by atoms with Gasteiger partial charge in [-0.05, 0) is 107 Å². The maximum Gasteiger partial charge on any atom is 0.143 e. The van der Waals surface area contributed by atoms with Crippen LogP contribution < -0.4 is 0 Å². The highest BCUT2D eigenvalue weighted by Crippen LogP contribution is 2.44. The maximum atomic E-state index is 6.38. The maximum absolute atomic E-state index is 6.38. The van der Waals surface area contributed by atoms with Crippen molar-refractivity contribution in [1.29, 1.82) is 0 Å². The minimum absolute atomic E-state index is 0.920. The van der Waals surface area contributed by atoms with Crippen molar-refractivity contribution in [2.45, 2.75) is 0 Å². The predicted octanol–water partition coefficient (Wildman–Crippen LogP) is 14.8. The van der Waals surface area contributed by atoms with Crippen LogP contribution in [-0.2, 0) is 0 Å². The molecule has 0 radical (unpaired) electrons. The van der Waals surface area contributed by atoms with Crippen LogP contribution in [0.25, 0.3) is 110 Å². The fraction of sp³-hybridized carbons (Fsp3) is 0. The second kappa shape index (κ2) is 11.8. The lowest BCUT2D eigenvalue weighted by Gasteiger charge is -2.18. The molecule has 11 rings (SSSR count). The fourth-order valence-corrected chi connectivity index (χ4v) is 8.49. The summed E-state index contributed by atoms with van der Waals surface area (Å²) < 4.78 is 6.38. The zero-order valence-electron chi connectivity index (χ0n) is 28.9. The average Bonchev–Trinajstić information content (AvgIpc) is 3.62. The zero-order chi connectivity index (χ0) is 34.9. The molecule has 11 aromatic rings. The summed E-state index contributed by atoms with van der Waals surface area (Å²) in [5, 5.41) is 10.0. The van der Waals surface area contributed by atoms with Gasteiger partial charge in [0.05, 0.1) is 0 Å². The molecule has 0 amide bonds. The van der Waals surface area contributed by atoms with Crippen LogP contribution in [0.4, 0.5) is 0 Å². The first kappa shape index (κ1) is 29.7.